The maximum Gasteiger partial charge on any atom is 2.00 e. The normalized spacial score (nSPS) is 11.2. The first kappa shape index (κ1) is 29.6. The number of hydrogen-bond donors (Lipinski definition) is 0. The minimum Gasteiger partial charge on any atom is -0.509 e. The van der Waals surface area contributed by atoms with E-state index in [-0.39, 0.29) is 21.1 Å². The van der Waals surface area contributed by atoms with E-state index in [4.69, 9.17) is 14.8 Å². The van der Waals surface area contributed by atoms with Gasteiger partial charge in [-0.1, -0.05) is 61.3 Å². The summed E-state index contributed by atoms with van der Waals surface area (Å²) in [6.45, 7) is 8.44. The van der Waals surface area contributed by atoms with Gasteiger partial charge in [0, 0.05) is 34.5 Å². The van der Waals surface area contributed by atoms with Crippen molar-refractivity contribution < 1.29 is 25.8 Å². The second-order valence-electron chi connectivity index (χ2n) is 11.0. The number of benzene rings is 4. The summed E-state index contributed by atoms with van der Waals surface area (Å²) in [6.07, 6.45) is 4.01. The first-order valence-corrected chi connectivity index (χ1v) is 14.7. The third-order valence-electron chi connectivity index (χ3n) is 7.94. The zero-order valence-electron chi connectivity index (χ0n) is 25.2. The molecular weight excluding hydrogens is 724 g/mol. The average Bonchev–Trinajstić information content (AvgIpc) is 3.50. The SMILES string of the molecule is CCCc1ccc2c(c1)c1ccc(Oc3[c-]c(-n4nc(C)c(-c5ccccc5)c4C)ccc3)[c-]c1n2-c1cc(C)ccn1.[Pt+2]. The minimum atomic E-state index is 0. The van der Waals surface area contributed by atoms with Crippen molar-refractivity contribution >= 4 is 21.8 Å². The molecule has 3 aromatic heterocycles. The van der Waals surface area contributed by atoms with Crippen molar-refractivity contribution in [3.05, 3.63) is 132 Å². The summed E-state index contributed by atoms with van der Waals surface area (Å²) in [7, 11) is 0. The van der Waals surface area contributed by atoms with E-state index in [9.17, 15) is 0 Å². The van der Waals surface area contributed by atoms with Gasteiger partial charge in [0.05, 0.1) is 5.69 Å². The van der Waals surface area contributed by atoms with Crippen molar-refractivity contribution in [2.45, 2.75) is 40.5 Å². The van der Waals surface area contributed by atoms with E-state index in [1.807, 2.05) is 54.2 Å². The molecule has 220 valence electrons. The van der Waals surface area contributed by atoms with Crippen LogP contribution in [-0.2, 0) is 27.5 Å². The molecule has 0 unspecified atom stereocenters. The summed E-state index contributed by atoms with van der Waals surface area (Å²) in [5.74, 6) is 2.08. The van der Waals surface area contributed by atoms with E-state index in [1.54, 1.807) is 0 Å². The second kappa shape index (κ2) is 12.3. The van der Waals surface area contributed by atoms with Gasteiger partial charge in [-0.05, 0) is 73.2 Å². The molecule has 6 heteroatoms. The molecule has 0 aliphatic heterocycles. The number of rotatable bonds is 7. The second-order valence-corrected chi connectivity index (χ2v) is 11.0. The van der Waals surface area contributed by atoms with Crippen molar-refractivity contribution in [3.63, 3.8) is 0 Å². The van der Waals surface area contributed by atoms with Gasteiger partial charge in [-0.3, -0.25) is 4.68 Å². The van der Waals surface area contributed by atoms with Gasteiger partial charge in [0.25, 0.3) is 0 Å². The van der Waals surface area contributed by atoms with Crippen molar-refractivity contribution in [2.24, 2.45) is 0 Å². The van der Waals surface area contributed by atoms with Gasteiger partial charge < -0.3 is 9.30 Å². The molecule has 0 spiro atoms. The summed E-state index contributed by atoms with van der Waals surface area (Å²) in [5, 5.41) is 7.17. The van der Waals surface area contributed by atoms with Crippen LogP contribution in [0.3, 0.4) is 0 Å². The maximum absolute atomic E-state index is 6.40. The van der Waals surface area contributed by atoms with Crippen LogP contribution < -0.4 is 4.74 Å². The third kappa shape index (κ3) is 5.37. The predicted molar refractivity (Wildman–Crippen MR) is 174 cm³/mol. The molecular formula is C38H32N4OPt. The minimum absolute atomic E-state index is 0. The summed E-state index contributed by atoms with van der Waals surface area (Å²) in [4.78, 5) is 4.73. The van der Waals surface area contributed by atoms with Crippen molar-refractivity contribution in [3.8, 4) is 34.1 Å². The smallest absolute Gasteiger partial charge is 0.509 e. The Morgan fingerprint density at radius 3 is 2.41 bits per heavy atom. The Morgan fingerprint density at radius 2 is 1.61 bits per heavy atom. The van der Waals surface area contributed by atoms with Gasteiger partial charge in [-0.25, -0.2) is 4.98 Å². The molecule has 0 atom stereocenters. The molecule has 0 saturated carbocycles. The first-order valence-electron chi connectivity index (χ1n) is 14.7. The number of fused-ring (bicyclic) bond motifs is 3. The molecule has 7 rings (SSSR count). The van der Waals surface area contributed by atoms with E-state index in [0.717, 1.165) is 68.8 Å². The summed E-state index contributed by atoms with van der Waals surface area (Å²) in [5.41, 5.74) is 9.67. The van der Waals surface area contributed by atoms with Gasteiger partial charge in [-0.15, -0.1) is 35.7 Å². The van der Waals surface area contributed by atoms with Crippen LogP contribution in [-0.4, -0.2) is 19.3 Å². The van der Waals surface area contributed by atoms with E-state index in [0.29, 0.717) is 11.5 Å². The van der Waals surface area contributed by atoms with E-state index < -0.39 is 0 Å². The van der Waals surface area contributed by atoms with Gasteiger partial charge in [0.15, 0.2) is 0 Å². The van der Waals surface area contributed by atoms with Crippen molar-refractivity contribution in [2.75, 3.05) is 0 Å². The van der Waals surface area contributed by atoms with Crippen LogP contribution >= 0.6 is 0 Å². The fourth-order valence-electron chi connectivity index (χ4n) is 5.99. The Labute approximate surface area is 272 Å². The molecule has 4 aromatic carbocycles. The van der Waals surface area contributed by atoms with Gasteiger partial charge in [0.2, 0.25) is 0 Å². The number of aromatic nitrogens is 4. The van der Waals surface area contributed by atoms with E-state index >= 15 is 0 Å². The molecule has 0 saturated heterocycles. The first-order chi connectivity index (χ1) is 21.0. The quantitative estimate of drug-likeness (QED) is 0.153. The number of aryl methyl sites for hydroxylation is 3. The monoisotopic (exact) mass is 755 g/mol. The third-order valence-corrected chi connectivity index (χ3v) is 7.94. The van der Waals surface area contributed by atoms with Crippen LogP contribution in [0.25, 0.3) is 44.4 Å². The fourth-order valence-corrected chi connectivity index (χ4v) is 5.99. The zero-order chi connectivity index (χ0) is 29.5. The zero-order valence-corrected chi connectivity index (χ0v) is 27.4. The molecule has 0 fully saturated rings. The Morgan fingerprint density at radius 1 is 0.795 bits per heavy atom. The molecule has 0 radical (unpaired) electrons. The molecule has 5 nitrogen and oxygen atoms in total. The van der Waals surface area contributed by atoms with E-state index in [2.05, 4.69) is 92.1 Å². The Kier molecular flexibility index (Phi) is 8.25. The van der Waals surface area contributed by atoms with Crippen molar-refractivity contribution in [1.82, 2.24) is 19.3 Å². The largest absolute Gasteiger partial charge is 2.00 e. The number of hydrogen-bond acceptors (Lipinski definition) is 3. The Balaban J connectivity index is 0.00000343. The van der Waals surface area contributed by atoms with E-state index in [1.165, 1.54) is 10.9 Å². The van der Waals surface area contributed by atoms with Crippen LogP contribution in [0.1, 0.15) is 35.9 Å². The van der Waals surface area contributed by atoms with Crippen LogP contribution in [0.15, 0.2) is 97.2 Å². The molecule has 0 bridgehead atoms. The molecule has 44 heavy (non-hydrogen) atoms. The predicted octanol–water partition coefficient (Wildman–Crippen LogP) is 9.30. The molecule has 0 aliphatic carbocycles. The van der Waals surface area contributed by atoms with Crippen LogP contribution in [0, 0.1) is 32.9 Å². The van der Waals surface area contributed by atoms with Gasteiger partial charge in [0.1, 0.15) is 5.82 Å². The molecule has 0 N–H and O–H groups in total. The van der Waals surface area contributed by atoms with Gasteiger partial charge >= 0.3 is 21.1 Å². The number of nitrogens with zero attached hydrogens (tertiary/aromatic N) is 4. The number of ether oxygens (including phenoxy) is 1. The Bertz CT molecular complexity index is 2110. The fraction of sp³-hybridized carbons (Fsp3) is 0.158. The van der Waals surface area contributed by atoms with Crippen LogP contribution in [0.4, 0.5) is 0 Å². The summed E-state index contributed by atoms with van der Waals surface area (Å²) in [6, 6.07) is 38.2. The Hall–Kier alpha value is -4.47. The molecule has 0 amide bonds. The number of pyridine rings is 1. The van der Waals surface area contributed by atoms with Crippen LogP contribution in [0.2, 0.25) is 0 Å². The van der Waals surface area contributed by atoms with Crippen LogP contribution in [0.5, 0.6) is 11.5 Å². The van der Waals surface area contributed by atoms with Gasteiger partial charge in [-0.2, -0.15) is 17.2 Å². The molecule has 7 aromatic rings. The molecule has 0 aliphatic rings. The average molecular weight is 756 g/mol. The topological polar surface area (TPSA) is 44.9 Å². The summed E-state index contributed by atoms with van der Waals surface area (Å²) >= 11 is 0. The van der Waals surface area contributed by atoms with Crippen molar-refractivity contribution in [1.29, 1.82) is 0 Å². The standard InChI is InChI=1S/C38H32N4O.Pt/c1-5-10-28-15-18-35-34(22-28)33-17-16-32(24-36(33)41(35)37-21-25(2)19-20-39-37)43-31-14-9-13-30(23-31)42-27(4)38(26(3)40-42)29-11-7-6-8-12-29;/h6-9,11-22H,5,10H2,1-4H3;/q-2;+2. The summed E-state index contributed by atoms with van der Waals surface area (Å²) < 4.78 is 10.5. The molecule has 3 heterocycles. The maximum atomic E-state index is 6.40.